The molecule has 0 bridgehead atoms. The first kappa shape index (κ1) is 25.8. The molecule has 0 aliphatic heterocycles. The smallest absolute Gasteiger partial charge is 0.00484 e. The van der Waals surface area contributed by atoms with Crippen molar-refractivity contribution >= 4 is 0 Å². The number of unbranched alkanes of at least 4 members (excludes halogenated alkanes) is 5. The first-order chi connectivity index (χ1) is 12.9. The Labute approximate surface area is 164 Å². The van der Waals surface area contributed by atoms with Crippen LogP contribution in [0.25, 0.3) is 0 Å². The van der Waals surface area contributed by atoms with Crippen molar-refractivity contribution in [2.75, 3.05) is 65.4 Å². The predicted molar refractivity (Wildman–Crippen MR) is 117 cm³/mol. The Kier molecular flexibility index (Phi) is 24.6. The molecule has 0 rings (SSSR count). The highest BCUT2D eigenvalue weighted by Crippen LogP contribution is 1.93. The molecule has 0 radical (unpaired) electrons. The fraction of sp³-hybridized carbons (Fsp3) is 1.00. The molecule has 0 spiro atoms. The van der Waals surface area contributed by atoms with Crippen LogP contribution >= 0.6 is 0 Å². The topological polar surface area (TPSA) is 60.1 Å². The molecule has 5 N–H and O–H groups in total. The second-order valence-electron chi connectivity index (χ2n) is 7.14. The van der Waals surface area contributed by atoms with Gasteiger partial charge in [0.2, 0.25) is 0 Å². The van der Waals surface area contributed by atoms with Gasteiger partial charge < -0.3 is 26.6 Å². The van der Waals surface area contributed by atoms with Gasteiger partial charge in [-0.25, -0.2) is 0 Å². The average molecular weight is 372 g/mol. The van der Waals surface area contributed by atoms with Gasteiger partial charge in [0, 0.05) is 0 Å². The monoisotopic (exact) mass is 371 g/mol. The van der Waals surface area contributed by atoms with Gasteiger partial charge in [0.1, 0.15) is 0 Å². The molecule has 0 aromatic rings. The Balaban J connectivity index is 2.95. The maximum Gasteiger partial charge on any atom is -0.00484 e. The van der Waals surface area contributed by atoms with Crippen LogP contribution in [0.4, 0.5) is 0 Å². The summed E-state index contributed by atoms with van der Waals surface area (Å²) in [4.78, 5) is 0. The van der Waals surface area contributed by atoms with E-state index in [4.69, 9.17) is 0 Å². The van der Waals surface area contributed by atoms with Crippen molar-refractivity contribution < 1.29 is 0 Å². The van der Waals surface area contributed by atoms with Gasteiger partial charge in [-0.3, -0.25) is 0 Å². The van der Waals surface area contributed by atoms with E-state index < -0.39 is 0 Å². The van der Waals surface area contributed by atoms with E-state index in [0.29, 0.717) is 0 Å². The van der Waals surface area contributed by atoms with E-state index in [2.05, 4.69) is 40.4 Å². The quantitative estimate of drug-likeness (QED) is 0.179. The third-order valence-corrected chi connectivity index (χ3v) is 4.58. The molecule has 0 aliphatic carbocycles. The van der Waals surface area contributed by atoms with Crippen molar-refractivity contribution in [3.63, 3.8) is 0 Å². The Morgan fingerprint density at radius 1 is 0.308 bits per heavy atom. The van der Waals surface area contributed by atoms with E-state index >= 15 is 0 Å². The van der Waals surface area contributed by atoms with Crippen molar-refractivity contribution in [2.45, 2.75) is 71.6 Å². The first-order valence-electron chi connectivity index (χ1n) is 11.4. The third kappa shape index (κ3) is 23.8. The molecule has 26 heavy (non-hydrogen) atoms. The average Bonchev–Trinajstić information content (AvgIpc) is 2.66. The number of nitrogens with one attached hydrogen (secondary N) is 5. The lowest BCUT2D eigenvalue weighted by molar-refractivity contribution is 0.536. The van der Waals surface area contributed by atoms with Gasteiger partial charge in [0.25, 0.3) is 0 Å². The zero-order chi connectivity index (χ0) is 19.0. The minimum atomic E-state index is 1.09. The molecule has 0 aromatic heterocycles. The summed E-state index contributed by atoms with van der Waals surface area (Å²) >= 11 is 0. The predicted octanol–water partition coefficient (Wildman–Crippen LogP) is 2.49. The van der Waals surface area contributed by atoms with Crippen LogP contribution in [0, 0.1) is 0 Å². The molecule has 0 aliphatic rings. The molecule has 0 saturated heterocycles. The van der Waals surface area contributed by atoms with Gasteiger partial charge in [0.15, 0.2) is 0 Å². The summed E-state index contributed by atoms with van der Waals surface area (Å²) in [5.74, 6) is 0. The summed E-state index contributed by atoms with van der Waals surface area (Å²) < 4.78 is 0. The van der Waals surface area contributed by atoms with Crippen LogP contribution in [0.1, 0.15) is 71.6 Å². The van der Waals surface area contributed by atoms with Crippen LogP contribution in [0.2, 0.25) is 0 Å². The Morgan fingerprint density at radius 2 is 0.538 bits per heavy atom. The van der Waals surface area contributed by atoms with Gasteiger partial charge in [-0.05, 0) is 117 Å². The van der Waals surface area contributed by atoms with Crippen molar-refractivity contribution in [3.8, 4) is 0 Å². The van der Waals surface area contributed by atoms with Crippen LogP contribution in [0.15, 0.2) is 0 Å². The summed E-state index contributed by atoms with van der Waals surface area (Å²) in [7, 11) is 0. The van der Waals surface area contributed by atoms with Crippen molar-refractivity contribution in [3.05, 3.63) is 0 Å². The van der Waals surface area contributed by atoms with Crippen molar-refractivity contribution in [1.82, 2.24) is 26.6 Å². The maximum atomic E-state index is 3.57. The highest BCUT2D eigenvalue weighted by molar-refractivity contribution is 4.55. The molecule has 158 valence electrons. The number of hydrogen-bond acceptors (Lipinski definition) is 5. The molecule has 5 nitrogen and oxygen atoms in total. The van der Waals surface area contributed by atoms with Gasteiger partial charge in [-0.2, -0.15) is 0 Å². The largest absolute Gasteiger partial charge is 0.317 e. The number of hydrogen-bond donors (Lipinski definition) is 5. The SMILES string of the molecule is CCNCCCCCNCCCCNCCCCNCCCCNCC. The lowest BCUT2D eigenvalue weighted by Crippen LogP contribution is -2.22. The molecular weight excluding hydrogens is 322 g/mol. The summed E-state index contributed by atoms with van der Waals surface area (Å²) in [6.45, 7) is 15.9. The lowest BCUT2D eigenvalue weighted by Gasteiger charge is -2.07. The highest BCUT2D eigenvalue weighted by atomic mass is 14.9. The van der Waals surface area contributed by atoms with Crippen LogP contribution < -0.4 is 26.6 Å². The van der Waals surface area contributed by atoms with Crippen LogP contribution in [-0.4, -0.2) is 65.4 Å². The normalized spacial score (nSPS) is 11.3. The summed E-state index contributed by atoms with van der Waals surface area (Å²) in [5, 5.41) is 17.4. The lowest BCUT2D eigenvalue weighted by atomic mass is 10.2. The second kappa shape index (κ2) is 24.8. The van der Waals surface area contributed by atoms with Crippen LogP contribution in [0.3, 0.4) is 0 Å². The van der Waals surface area contributed by atoms with Gasteiger partial charge >= 0.3 is 0 Å². The van der Waals surface area contributed by atoms with E-state index in [1.54, 1.807) is 0 Å². The van der Waals surface area contributed by atoms with E-state index in [0.717, 1.165) is 19.6 Å². The molecule has 0 fully saturated rings. The molecule has 0 aromatic carbocycles. The van der Waals surface area contributed by atoms with Crippen LogP contribution in [0.5, 0.6) is 0 Å². The summed E-state index contributed by atoms with van der Waals surface area (Å²) in [6.07, 6.45) is 11.7. The minimum Gasteiger partial charge on any atom is -0.317 e. The Hall–Kier alpha value is -0.200. The fourth-order valence-corrected chi connectivity index (χ4v) is 2.91. The minimum absolute atomic E-state index is 1.09. The van der Waals surface area contributed by atoms with E-state index in [9.17, 15) is 0 Å². The molecule has 0 unspecified atom stereocenters. The Morgan fingerprint density at radius 3 is 0.808 bits per heavy atom. The highest BCUT2D eigenvalue weighted by Gasteiger charge is 1.93. The summed E-state index contributed by atoms with van der Waals surface area (Å²) in [6, 6.07) is 0. The molecule has 0 amide bonds. The zero-order valence-corrected chi connectivity index (χ0v) is 17.9. The molecule has 0 atom stereocenters. The Bertz CT molecular complexity index is 214. The molecule has 0 saturated carbocycles. The fourth-order valence-electron chi connectivity index (χ4n) is 2.91. The van der Waals surface area contributed by atoms with E-state index in [1.165, 1.54) is 104 Å². The van der Waals surface area contributed by atoms with Gasteiger partial charge in [0.05, 0.1) is 0 Å². The molecule has 5 heteroatoms. The standard InChI is InChI=1S/C21H49N5/c1-3-22-14-6-5-7-16-24-18-10-11-20-26-21-13-12-19-25-17-9-8-15-23-4-2/h22-26H,3-21H2,1-2H3. The van der Waals surface area contributed by atoms with Gasteiger partial charge in [-0.1, -0.05) is 20.3 Å². The maximum absolute atomic E-state index is 3.57. The third-order valence-electron chi connectivity index (χ3n) is 4.58. The van der Waals surface area contributed by atoms with E-state index in [-0.39, 0.29) is 0 Å². The second-order valence-corrected chi connectivity index (χ2v) is 7.14. The summed E-state index contributed by atoms with van der Waals surface area (Å²) in [5.41, 5.74) is 0. The van der Waals surface area contributed by atoms with Crippen molar-refractivity contribution in [1.29, 1.82) is 0 Å². The van der Waals surface area contributed by atoms with Crippen LogP contribution in [-0.2, 0) is 0 Å². The molecular formula is C21H49N5. The number of rotatable bonds is 23. The van der Waals surface area contributed by atoms with E-state index in [1.807, 2.05) is 0 Å². The van der Waals surface area contributed by atoms with Gasteiger partial charge in [-0.15, -0.1) is 0 Å². The first-order valence-corrected chi connectivity index (χ1v) is 11.4. The zero-order valence-electron chi connectivity index (χ0n) is 17.9. The van der Waals surface area contributed by atoms with Crippen molar-refractivity contribution in [2.24, 2.45) is 0 Å². The molecule has 0 heterocycles.